The quantitative estimate of drug-likeness (QED) is 0.176. The third-order valence-corrected chi connectivity index (χ3v) is 10.3. The summed E-state index contributed by atoms with van der Waals surface area (Å²) in [5.74, 6) is 0. The summed E-state index contributed by atoms with van der Waals surface area (Å²) in [7, 11) is 0. The van der Waals surface area contributed by atoms with Crippen molar-refractivity contribution in [3.63, 3.8) is 0 Å². The molecule has 1 aromatic heterocycles. The Bertz CT molecular complexity index is 2890. The van der Waals surface area contributed by atoms with Gasteiger partial charge in [0, 0.05) is 27.7 Å². The van der Waals surface area contributed by atoms with Crippen LogP contribution < -0.4 is 4.90 Å². The van der Waals surface area contributed by atoms with Crippen LogP contribution in [-0.2, 0) is 0 Å². The van der Waals surface area contributed by atoms with Crippen LogP contribution in [0.3, 0.4) is 0 Å². The van der Waals surface area contributed by atoms with Gasteiger partial charge in [-0.15, -0.1) is 0 Å². The number of para-hydroxylation sites is 2. The summed E-state index contributed by atoms with van der Waals surface area (Å²) in [4.78, 5) is 2.39. The largest absolute Gasteiger partial charge is 0.456 e. The Kier molecular flexibility index (Phi) is 7.18. The zero-order valence-electron chi connectivity index (χ0n) is 28.4. The summed E-state index contributed by atoms with van der Waals surface area (Å²) < 4.78 is 6.33. The molecule has 0 saturated heterocycles. The topological polar surface area (TPSA) is 16.4 Å². The molecule has 0 aliphatic rings. The average Bonchev–Trinajstić information content (AvgIpc) is 3.60. The molecule has 0 fully saturated rings. The molecule has 0 atom stereocenters. The fourth-order valence-electron chi connectivity index (χ4n) is 7.76. The van der Waals surface area contributed by atoms with Crippen molar-refractivity contribution in [2.75, 3.05) is 4.90 Å². The third-order valence-electron chi connectivity index (χ3n) is 10.3. The van der Waals surface area contributed by atoms with Crippen LogP contribution in [0.4, 0.5) is 17.1 Å². The van der Waals surface area contributed by atoms with Gasteiger partial charge in [-0.25, -0.2) is 0 Å². The molecule has 52 heavy (non-hydrogen) atoms. The molecule has 0 N–H and O–H groups in total. The van der Waals surface area contributed by atoms with Crippen molar-refractivity contribution < 1.29 is 4.42 Å². The molecule has 0 saturated carbocycles. The van der Waals surface area contributed by atoms with Gasteiger partial charge in [0.15, 0.2) is 0 Å². The lowest BCUT2D eigenvalue weighted by molar-refractivity contribution is 0.669. The van der Waals surface area contributed by atoms with E-state index in [9.17, 15) is 0 Å². The molecule has 2 heteroatoms. The summed E-state index contributed by atoms with van der Waals surface area (Å²) in [6.07, 6.45) is 0. The Morgan fingerprint density at radius 3 is 1.73 bits per heavy atom. The minimum atomic E-state index is 0.890. The van der Waals surface area contributed by atoms with Crippen LogP contribution in [0.15, 0.2) is 205 Å². The van der Waals surface area contributed by atoms with Crippen LogP contribution >= 0.6 is 0 Å². The maximum atomic E-state index is 6.33. The van der Waals surface area contributed by atoms with Crippen molar-refractivity contribution in [1.82, 2.24) is 0 Å². The second-order valence-corrected chi connectivity index (χ2v) is 13.3. The summed E-state index contributed by atoms with van der Waals surface area (Å²) in [5, 5.41) is 7.20. The summed E-state index contributed by atoms with van der Waals surface area (Å²) in [6, 6.07) is 71.7. The second-order valence-electron chi connectivity index (χ2n) is 13.3. The monoisotopic (exact) mass is 663 g/mol. The molecule has 2 nitrogen and oxygen atoms in total. The molecule has 0 spiro atoms. The van der Waals surface area contributed by atoms with Crippen molar-refractivity contribution >= 4 is 60.5 Å². The number of fused-ring (bicyclic) bond motifs is 5. The van der Waals surface area contributed by atoms with Crippen LogP contribution in [0.25, 0.3) is 76.9 Å². The van der Waals surface area contributed by atoms with Crippen LogP contribution in [0.1, 0.15) is 0 Å². The molecule has 1 heterocycles. The fraction of sp³-hybridized carbons (Fsp3) is 0. The maximum Gasteiger partial charge on any atom is 0.136 e. The molecule has 0 unspecified atom stereocenters. The van der Waals surface area contributed by atoms with E-state index in [1.165, 1.54) is 43.8 Å². The third kappa shape index (κ3) is 5.12. The first kappa shape index (κ1) is 30.0. The molecule has 10 aromatic rings. The number of anilines is 3. The normalized spacial score (nSPS) is 11.5. The van der Waals surface area contributed by atoms with Crippen molar-refractivity contribution in [1.29, 1.82) is 0 Å². The van der Waals surface area contributed by atoms with E-state index in [1.807, 2.05) is 12.1 Å². The molecule has 0 radical (unpaired) electrons. The van der Waals surface area contributed by atoms with E-state index in [-0.39, 0.29) is 0 Å². The van der Waals surface area contributed by atoms with E-state index in [2.05, 4.69) is 193 Å². The highest BCUT2D eigenvalue weighted by atomic mass is 16.3. The Labute approximate surface area is 302 Å². The van der Waals surface area contributed by atoms with Gasteiger partial charge in [0.25, 0.3) is 0 Å². The summed E-state index contributed by atoms with van der Waals surface area (Å²) >= 11 is 0. The first-order chi connectivity index (χ1) is 25.8. The van der Waals surface area contributed by atoms with Gasteiger partial charge >= 0.3 is 0 Å². The van der Waals surface area contributed by atoms with Gasteiger partial charge in [0.1, 0.15) is 11.2 Å². The van der Waals surface area contributed by atoms with E-state index in [4.69, 9.17) is 4.42 Å². The van der Waals surface area contributed by atoms with E-state index < -0.39 is 0 Å². The van der Waals surface area contributed by atoms with E-state index in [1.54, 1.807) is 0 Å². The molecule has 9 aromatic carbocycles. The van der Waals surface area contributed by atoms with Gasteiger partial charge in [-0.3, -0.25) is 0 Å². The van der Waals surface area contributed by atoms with Crippen LogP contribution in [0.5, 0.6) is 0 Å². The fourth-order valence-corrected chi connectivity index (χ4v) is 7.76. The first-order valence-corrected chi connectivity index (χ1v) is 17.8. The average molecular weight is 664 g/mol. The highest BCUT2D eigenvalue weighted by Gasteiger charge is 2.20. The molecule has 0 amide bonds. The first-order valence-electron chi connectivity index (χ1n) is 17.8. The lowest BCUT2D eigenvalue weighted by Gasteiger charge is -2.28. The highest BCUT2D eigenvalue weighted by molar-refractivity contribution is 6.14. The van der Waals surface area contributed by atoms with E-state index in [0.717, 1.165) is 50.1 Å². The lowest BCUT2D eigenvalue weighted by Crippen LogP contribution is -2.11. The Balaban J connectivity index is 1.09. The Morgan fingerprint density at radius 2 is 0.885 bits per heavy atom. The Morgan fingerprint density at radius 1 is 0.327 bits per heavy atom. The lowest BCUT2D eigenvalue weighted by atomic mass is 9.95. The predicted octanol–water partition coefficient (Wildman–Crippen LogP) is 14.4. The van der Waals surface area contributed by atoms with Crippen LogP contribution in [0, 0.1) is 0 Å². The second kappa shape index (κ2) is 12.5. The number of hydrogen-bond acceptors (Lipinski definition) is 2. The van der Waals surface area contributed by atoms with Gasteiger partial charge in [0.05, 0.1) is 5.69 Å². The van der Waals surface area contributed by atoms with Crippen LogP contribution in [0.2, 0.25) is 0 Å². The SMILES string of the molecule is c1ccc(N(c2ccc(-c3ccc(-c4cccc5ccccc45)cc3)cc2)c2ccc3ccccc3c2)c(-c2cccc3oc4ccccc4c23)c1. The molecule has 0 aliphatic heterocycles. The van der Waals surface area contributed by atoms with E-state index >= 15 is 0 Å². The van der Waals surface area contributed by atoms with Gasteiger partial charge in [0.2, 0.25) is 0 Å². The molecular formula is C50H33NO. The predicted molar refractivity (Wildman–Crippen MR) is 220 cm³/mol. The minimum absolute atomic E-state index is 0.890. The summed E-state index contributed by atoms with van der Waals surface area (Å²) in [5.41, 5.74) is 12.2. The molecule has 244 valence electrons. The highest BCUT2D eigenvalue weighted by Crippen LogP contribution is 2.45. The number of rotatable bonds is 6. The summed E-state index contributed by atoms with van der Waals surface area (Å²) in [6.45, 7) is 0. The van der Waals surface area contributed by atoms with Gasteiger partial charge < -0.3 is 9.32 Å². The number of hydrogen-bond donors (Lipinski definition) is 0. The van der Waals surface area contributed by atoms with Crippen molar-refractivity contribution in [3.8, 4) is 33.4 Å². The van der Waals surface area contributed by atoms with Crippen LogP contribution in [-0.4, -0.2) is 0 Å². The molecule has 0 bridgehead atoms. The van der Waals surface area contributed by atoms with Gasteiger partial charge in [-0.1, -0.05) is 158 Å². The van der Waals surface area contributed by atoms with Crippen molar-refractivity contribution in [2.24, 2.45) is 0 Å². The Hall–Kier alpha value is -6.90. The number of furan rings is 1. The minimum Gasteiger partial charge on any atom is -0.456 e. The zero-order chi connectivity index (χ0) is 34.4. The molecular weight excluding hydrogens is 631 g/mol. The van der Waals surface area contributed by atoms with Crippen molar-refractivity contribution in [3.05, 3.63) is 200 Å². The zero-order valence-corrected chi connectivity index (χ0v) is 28.4. The smallest absolute Gasteiger partial charge is 0.136 e. The van der Waals surface area contributed by atoms with Crippen molar-refractivity contribution in [2.45, 2.75) is 0 Å². The maximum absolute atomic E-state index is 6.33. The van der Waals surface area contributed by atoms with E-state index in [0.29, 0.717) is 0 Å². The van der Waals surface area contributed by atoms with Gasteiger partial charge in [-0.05, 0) is 91.8 Å². The standard InChI is InChI=1S/C50H33NO/c1-2-13-39-33-41(32-29-34(39)11-1)51(47-20-7-5-16-44(47)45-19-10-22-49-50(45)46-17-6-8-21-48(46)52-49)40-30-27-36(28-31-40)35-23-25-38(26-24-35)43-18-9-14-37-12-3-4-15-42(37)43/h1-33H. The van der Waals surface area contributed by atoms with Gasteiger partial charge in [-0.2, -0.15) is 0 Å². The molecule has 10 rings (SSSR count). The number of nitrogens with zero attached hydrogens (tertiary/aromatic N) is 1. The molecule has 0 aliphatic carbocycles. The number of benzene rings is 9.